The van der Waals surface area contributed by atoms with Crippen molar-refractivity contribution in [3.8, 4) is 5.75 Å². The van der Waals surface area contributed by atoms with E-state index in [-0.39, 0.29) is 42.1 Å². The Hall–Kier alpha value is -5.17. The summed E-state index contributed by atoms with van der Waals surface area (Å²) >= 11 is 0. The van der Waals surface area contributed by atoms with Crippen molar-refractivity contribution in [2.24, 2.45) is 11.0 Å². The third-order valence-electron chi connectivity index (χ3n) is 11.1. The molecule has 11 nitrogen and oxygen atoms in total. The number of methoxy groups -OCH3 is 1. The SMILES string of the molecule is COc1ccc([Si](C)(C)[C@H]2[C@H](CCO)O[C@@]3(C(=O)N(Cc4ccc(N5N=C(c6ccccc6)CCC5=O)cc4)c4ccc([N+](=O)[O-])cc43)[C@@H]2C)cc1. The Labute approximate surface area is 303 Å². The summed E-state index contributed by atoms with van der Waals surface area (Å²) in [5, 5.41) is 29.5. The molecule has 0 saturated carbocycles. The lowest BCUT2D eigenvalue weighted by Crippen LogP contribution is -2.51. The number of rotatable bonds is 10. The maximum absolute atomic E-state index is 14.9. The number of nitro groups is 1. The van der Waals surface area contributed by atoms with Gasteiger partial charge < -0.3 is 19.5 Å². The van der Waals surface area contributed by atoms with Crippen LogP contribution in [-0.2, 0) is 26.5 Å². The minimum atomic E-state index is -2.42. The zero-order valence-electron chi connectivity index (χ0n) is 29.7. The van der Waals surface area contributed by atoms with Gasteiger partial charge in [-0.05, 0) is 53.4 Å². The fourth-order valence-corrected chi connectivity index (χ4v) is 12.5. The quantitative estimate of drug-likeness (QED) is 0.116. The molecule has 4 atom stereocenters. The molecule has 1 saturated heterocycles. The van der Waals surface area contributed by atoms with Crippen LogP contribution in [0.25, 0.3) is 0 Å². The van der Waals surface area contributed by atoms with Crippen LogP contribution in [0.3, 0.4) is 0 Å². The molecule has 7 rings (SSSR count). The number of ether oxygens (including phenoxy) is 2. The monoisotopic (exact) mass is 718 g/mol. The number of anilines is 2. The molecule has 4 aromatic rings. The van der Waals surface area contributed by atoms with Crippen LogP contribution < -0.4 is 19.8 Å². The smallest absolute Gasteiger partial charge is 0.269 e. The molecule has 0 unspecified atom stereocenters. The number of carbonyl (C=O) groups excluding carboxylic acids is 2. The molecular weight excluding hydrogens is 677 g/mol. The van der Waals surface area contributed by atoms with Gasteiger partial charge in [-0.1, -0.05) is 79.8 Å². The molecule has 3 heterocycles. The van der Waals surface area contributed by atoms with Gasteiger partial charge in [0.15, 0.2) is 5.60 Å². The number of amides is 2. The first-order valence-electron chi connectivity index (χ1n) is 17.6. The third-order valence-corrected chi connectivity index (χ3v) is 15.5. The standard InChI is InChI=1S/C40H42N4O7Si/c1-26-38(52(3,4)32-17-15-31(50-2)16-18-32)36(22-23-45)51-40(26)33-24-30(44(48)49)14-20-35(33)42(39(40)47)25-27-10-12-29(13-11-27)43-37(46)21-19-34(41-43)28-8-6-5-7-9-28/h5-18,20,24,26,36,38,45H,19,21-23,25H2,1-4H3/t26-,36+,38-,40+/m1/s1. The molecule has 1 spiro atoms. The van der Waals surface area contributed by atoms with Crippen molar-refractivity contribution in [1.29, 1.82) is 0 Å². The van der Waals surface area contributed by atoms with Crippen LogP contribution in [0.15, 0.2) is 102 Å². The number of non-ortho nitro benzene ring substituents is 1. The van der Waals surface area contributed by atoms with E-state index in [0.717, 1.165) is 27.8 Å². The molecule has 1 N–H and O–H groups in total. The van der Waals surface area contributed by atoms with Crippen LogP contribution in [0, 0.1) is 16.0 Å². The Morgan fingerprint density at radius 2 is 1.71 bits per heavy atom. The van der Waals surface area contributed by atoms with Gasteiger partial charge in [-0.2, -0.15) is 5.10 Å². The molecule has 3 aliphatic heterocycles. The van der Waals surface area contributed by atoms with E-state index in [2.05, 4.69) is 30.3 Å². The van der Waals surface area contributed by atoms with E-state index in [9.17, 15) is 24.8 Å². The molecule has 0 aliphatic carbocycles. The van der Waals surface area contributed by atoms with Gasteiger partial charge in [0.1, 0.15) is 5.75 Å². The van der Waals surface area contributed by atoms with E-state index in [0.29, 0.717) is 36.2 Å². The van der Waals surface area contributed by atoms with E-state index < -0.39 is 24.7 Å². The fraction of sp³-hybridized carbons (Fsp3) is 0.325. The highest BCUT2D eigenvalue weighted by Gasteiger charge is 2.66. The molecule has 52 heavy (non-hydrogen) atoms. The molecule has 0 radical (unpaired) electrons. The van der Waals surface area contributed by atoms with Gasteiger partial charge in [0.05, 0.1) is 49.8 Å². The lowest BCUT2D eigenvalue weighted by molar-refractivity contribution is -0.385. The molecule has 4 aromatic carbocycles. The number of hydrazone groups is 1. The van der Waals surface area contributed by atoms with Crippen LogP contribution >= 0.6 is 0 Å². The van der Waals surface area contributed by atoms with Gasteiger partial charge in [0, 0.05) is 43.1 Å². The largest absolute Gasteiger partial charge is 0.497 e. The summed E-state index contributed by atoms with van der Waals surface area (Å²) < 4.78 is 12.3. The number of aliphatic hydroxyl groups is 1. The van der Waals surface area contributed by atoms with Crippen molar-refractivity contribution in [3.63, 3.8) is 0 Å². The van der Waals surface area contributed by atoms with Crippen molar-refractivity contribution >= 4 is 47.8 Å². The highest BCUT2D eigenvalue weighted by molar-refractivity contribution is 6.91. The van der Waals surface area contributed by atoms with Gasteiger partial charge >= 0.3 is 0 Å². The highest BCUT2D eigenvalue weighted by atomic mass is 28.3. The Bertz CT molecular complexity index is 2040. The maximum atomic E-state index is 14.9. The summed E-state index contributed by atoms with van der Waals surface area (Å²) in [6.07, 6.45) is 0.778. The molecular formula is C40H42N4O7Si. The van der Waals surface area contributed by atoms with E-state index in [1.807, 2.05) is 73.7 Å². The van der Waals surface area contributed by atoms with E-state index in [1.165, 1.54) is 17.1 Å². The van der Waals surface area contributed by atoms with Gasteiger partial charge in [-0.25, -0.2) is 5.01 Å². The van der Waals surface area contributed by atoms with Gasteiger partial charge in [-0.3, -0.25) is 19.7 Å². The first kappa shape index (κ1) is 35.2. The van der Waals surface area contributed by atoms with Crippen LogP contribution in [0.4, 0.5) is 17.1 Å². The Balaban J connectivity index is 1.23. The van der Waals surface area contributed by atoms with Crippen molar-refractivity contribution in [2.45, 2.75) is 63.1 Å². The van der Waals surface area contributed by atoms with Crippen LogP contribution in [0.2, 0.25) is 18.6 Å². The third kappa shape index (κ3) is 5.90. The number of nitrogens with zero attached hydrogens (tertiary/aromatic N) is 4. The molecule has 0 aromatic heterocycles. The number of benzene rings is 4. The second-order valence-corrected chi connectivity index (χ2v) is 19.0. The second kappa shape index (κ2) is 13.8. The van der Waals surface area contributed by atoms with Crippen LogP contribution in [0.5, 0.6) is 5.75 Å². The Kier molecular flexibility index (Phi) is 9.32. The van der Waals surface area contributed by atoms with E-state index in [4.69, 9.17) is 9.47 Å². The Morgan fingerprint density at radius 1 is 1.00 bits per heavy atom. The summed E-state index contributed by atoms with van der Waals surface area (Å²) in [5.41, 5.74) is 2.56. The van der Waals surface area contributed by atoms with Crippen molar-refractivity contribution in [3.05, 3.63) is 124 Å². The highest BCUT2D eigenvalue weighted by Crippen LogP contribution is 2.60. The number of hydrogen-bond acceptors (Lipinski definition) is 8. The lowest BCUT2D eigenvalue weighted by atomic mass is 9.82. The number of nitro benzene ring substituents is 1. The first-order valence-corrected chi connectivity index (χ1v) is 20.7. The molecule has 3 aliphatic rings. The minimum absolute atomic E-state index is 0.0971. The summed E-state index contributed by atoms with van der Waals surface area (Å²) in [5.74, 6) is -0.00102. The summed E-state index contributed by atoms with van der Waals surface area (Å²) in [4.78, 5) is 41.1. The zero-order chi connectivity index (χ0) is 36.8. The van der Waals surface area contributed by atoms with Crippen LogP contribution in [0.1, 0.15) is 42.9 Å². The van der Waals surface area contributed by atoms with Crippen molar-refractivity contribution < 1.29 is 29.1 Å². The summed E-state index contributed by atoms with van der Waals surface area (Å²) in [6, 6.07) is 29.7. The maximum Gasteiger partial charge on any atom is 0.269 e. The van der Waals surface area contributed by atoms with E-state index in [1.54, 1.807) is 18.1 Å². The van der Waals surface area contributed by atoms with Gasteiger partial charge in [-0.15, -0.1) is 0 Å². The average Bonchev–Trinajstić information content (AvgIpc) is 3.58. The van der Waals surface area contributed by atoms with Crippen molar-refractivity contribution in [1.82, 2.24) is 0 Å². The minimum Gasteiger partial charge on any atom is -0.497 e. The predicted octanol–water partition coefficient (Wildman–Crippen LogP) is 6.28. The first-order chi connectivity index (χ1) is 25.0. The van der Waals surface area contributed by atoms with Crippen LogP contribution in [-0.4, -0.2) is 55.5 Å². The van der Waals surface area contributed by atoms with E-state index >= 15 is 0 Å². The van der Waals surface area contributed by atoms with Crippen molar-refractivity contribution in [2.75, 3.05) is 23.6 Å². The fourth-order valence-electron chi connectivity index (χ4n) is 8.49. The predicted molar refractivity (Wildman–Crippen MR) is 202 cm³/mol. The number of carbonyl (C=O) groups is 2. The number of fused-ring (bicyclic) bond motifs is 2. The molecule has 0 bridgehead atoms. The number of aliphatic hydroxyl groups excluding tert-OH is 1. The average molecular weight is 719 g/mol. The lowest BCUT2D eigenvalue weighted by Gasteiger charge is -2.37. The van der Waals surface area contributed by atoms with Gasteiger partial charge in [0.25, 0.3) is 11.6 Å². The number of hydrogen-bond donors (Lipinski definition) is 1. The summed E-state index contributed by atoms with van der Waals surface area (Å²) in [6.45, 7) is 6.56. The molecule has 1 fully saturated rings. The normalized spacial score (nSPS) is 22.9. The zero-order valence-corrected chi connectivity index (χ0v) is 30.7. The summed E-state index contributed by atoms with van der Waals surface area (Å²) in [7, 11) is -0.791. The topological polar surface area (TPSA) is 135 Å². The second-order valence-electron chi connectivity index (χ2n) is 14.3. The molecule has 2 amide bonds. The Morgan fingerprint density at radius 3 is 2.37 bits per heavy atom. The molecule has 12 heteroatoms. The van der Waals surface area contributed by atoms with Gasteiger partial charge in [0.2, 0.25) is 5.91 Å². The molecule has 268 valence electrons.